The number of ether oxygens (including phenoxy) is 2. The number of nitriles is 1. The Balaban J connectivity index is 1.55. The summed E-state index contributed by atoms with van der Waals surface area (Å²) in [5, 5.41) is 20.7. The van der Waals surface area contributed by atoms with E-state index in [1.54, 1.807) is 24.3 Å². The first kappa shape index (κ1) is 22.9. The summed E-state index contributed by atoms with van der Waals surface area (Å²) in [5.41, 5.74) is 4.89. The predicted octanol–water partition coefficient (Wildman–Crippen LogP) is 4.93. The van der Waals surface area contributed by atoms with Crippen molar-refractivity contribution >= 4 is 22.4 Å². The number of aryl methyl sites for hydroxylation is 2. The molecule has 0 aliphatic carbocycles. The van der Waals surface area contributed by atoms with Crippen LogP contribution in [0.25, 0.3) is 11.1 Å². The zero-order valence-corrected chi connectivity index (χ0v) is 19.6. The fourth-order valence-corrected chi connectivity index (χ4v) is 3.85. The normalized spacial score (nSPS) is 10.4. The Morgan fingerprint density at radius 3 is 2.62 bits per heavy atom. The second-order valence-electron chi connectivity index (χ2n) is 7.50. The van der Waals surface area contributed by atoms with Gasteiger partial charge in [-0.25, -0.2) is 0 Å². The number of methoxy groups -OCH3 is 1. The summed E-state index contributed by atoms with van der Waals surface area (Å²) in [5.74, 6) is 0.134. The van der Waals surface area contributed by atoms with Crippen LogP contribution in [0.3, 0.4) is 0 Å². The average Bonchev–Trinajstić information content (AvgIpc) is 3.30. The van der Waals surface area contributed by atoms with Crippen LogP contribution in [0.2, 0.25) is 0 Å². The van der Waals surface area contributed by atoms with Gasteiger partial charge in [-0.15, -0.1) is 5.10 Å². The third kappa shape index (κ3) is 5.19. The van der Waals surface area contributed by atoms with E-state index in [-0.39, 0.29) is 0 Å². The monoisotopic (exact) mass is 471 g/mol. The van der Waals surface area contributed by atoms with E-state index in [1.807, 2.05) is 38.1 Å². The Hall–Kier alpha value is -4.29. The maximum atomic E-state index is 13.1. The van der Waals surface area contributed by atoms with Crippen LogP contribution >= 0.6 is 11.3 Å². The largest absolute Gasteiger partial charge is 0.496 e. The zero-order chi connectivity index (χ0) is 24.1. The highest BCUT2D eigenvalue weighted by Crippen LogP contribution is 2.34. The molecule has 4 rings (SSSR count). The first-order valence-corrected chi connectivity index (χ1v) is 11.2. The van der Waals surface area contributed by atoms with E-state index < -0.39 is 5.91 Å². The molecule has 2 aromatic heterocycles. The molecule has 8 nitrogen and oxygen atoms in total. The Morgan fingerprint density at radius 2 is 1.88 bits per heavy atom. The van der Waals surface area contributed by atoms with E-state index in [0.717, 1.165) is 22.6 Å². The van der Waals surface area contributed by atoms with Crippen molar-refractivity contribution in [2.24, 2.45) is 0 Å². The molecule has 0 saturated heterocycles. The van der Waals surface area contributed by atoms with Crippen molar-refractivity contribution in [3.05, 3.63) is 82.7 Å². The standard InChI is InChI=1S/C25H21N5O3S/c1-15-4-6-17(7-5-15)14-33-25-30-29-24(34-25)28-23(31)21-13-27-16(2)10-19(21)20-11-18(12-26)8-9-22(20)32-3/h4-11,13H,14H2,1-3H3,(H,28,29,31). The molecule has 0 atom stereocenters. The molecular weight excluding hydrogens is 450 g/mol. The van der Waals surface area contributed by atoms with Crippen LogP contribution in [0.5, 0.6) is 10.9 Å². The van der Waals surface area contributed by atoms with Gasteiger partial charge in [0.1, 0.15) is 12.4 Å². The van der Waals surface area contributed by atoms with Crippen molar-refractivity contribution < 1.29 is 14.3 Å². The van der Waals surface area contributed by atoms with Gasteiger partial charge in [-0.3, -0.25) is 15.1 Å². The lowest BCUT2D eigenvalue weighted by molar-refractivity contribution is 0.102. The minimum absolute atomic E-state index is 0.299. The van der Waals surface area contributed by atoms with Gasteiger partial charge in [0.15, 0.2) is 0 Å². The van der Waals surface area contributed by atoms with E-state index in [4.69, 9.17) is 9.47 Å². The zero-order valence-electron chi connectivity index (χ0n) is 18.8. The van der Waals surface area contributed by atoms with Gasteiger partial charge in [0.2, 0.25) is 5.13 Å². The summed E-state index contributed by atoms with van der Waals surface area (Å²) in [6, 6.07) is 17.0. The second-order valence-corrected chi connectivity index (χ2v) is 8.44. The molecule has 0 saturated carbocycles. The number of rotatable bonds is 7. The quantitative estimate of drug-likeness (QED) is 0.407. The molecule has 34 heavy (non-hydrogen) atoms. The summed E-state index contributed by atoms with van der Waals surface area (Å²) in [6.07, 6.45) is 1.49. The highest BCUT2D eigenvalue weighted by molar-refractivity contribution is 7.17. The summed E-state index contributed by atoms with van der Waals surface area (Å²) in [7, 11) is 1.54. The van der Waals surface area contributed by atoms with Crippen molar-refractivity contribution in [2.45, 2.75) is 20.5 Å². The number of aromatic nitrogens is 3. The SMILES string of the molecule is COc1ccc(C#N)cc1-c1cc(C)ncc1C(=O)Nc1nnc(OCc2ccc(C)cc2)s1. The minimum Gasteiger partial charge on any atom is -0.496 e. The number of pyridine rings is 1. The summed E-state index contributed by atoms with van der Waals surface area (Å²) in [6.45, 7) is 4.20. The third-order valence-electron chi connectivity index (χ3n) is 5.01. The number of anilines is 1. The second kappa shape index (κ2) is 10.1. The maximum Gasteiger partial charge on any atom is 0.296 e. The van der Waals surface area contributed by atoms with E-state index in [1.165, 1.54) is 18.9 Å². The molecular formula is C25H21N5O3S. The topological polar surface area (TPSA) is 110 Å². The number of nitrogens with one attached hydrogen (secondary N) is 1. The smallest absolute Gasteiger partial charge is 0.296 e. The molecule has 9 heteroatoms. The number of benzene rings is 2. The van der Waals surface area contributed by atoms with Crippen LogP contribution in [-0.4, -0.2) is 28.2 Å². The van der Waals surface area contributed by atoms with Crippen LogP contribution < -0.4 is 14.8 Å². The Labute approximate surface area is 200 Å². The molecule has 0 fully saturated rings. The van der Waals surface area contributed by atoms with E-state index in [0.29, 0.717) is 44.9 Å². The fraction of sp³-hybridized carbons (Fsp3) is 0.160. The van der Waals surface area contributed by atoms with Gasteiger partial charge in [-0.2, -0.15) is 5.26 Å². The van der Waals surface area contributed by atoms with Crippen LogP contribution in [-0.2, 0) is 6.61 Å². The predicted molar refractivity (Wildman–Crippen MR) is 129 cm³/mol. The van der Waals surface area contributed by atoms with Crippen molar-refractivity contribution in [1.29, 1.82) is 5.26 Å². The Bertz CT molecular complexity index is 1380. The molecule has 2 heterocycles. The molecule has 1 N–H and O–H groups in total. The van der Waals surface area contributed by atoms with Crippen molar-refractivity contribution in [1.82, 2.24) is 15.2 Å². The van der Waals surface area contributed by atoms with Gasteiger partial charge >= 0.3 is 0 Å². The highest BCUT2D eigenvalue weighted by Gasteiger charge is 2.19. The van der Waals surface area contributed by atoms with Crippen LogP contribution in [0.15, 0.2) is 54.7 Å². The van der Waals surface area contributed by atoms with Crippen LogP contribution in [0.4, 0.5) is 5.13 Å². The lowest BCUT2D eigenvalue weighted by Gasteiger charge is -2.13. The molecule has 0 aliphatic heterocycles. The number of amides is 1. The minimum atomic E-state index is -0.409. The van der Waals surface area contributed by atoms with Crippen molar-refractivity contribution in [3.8, 4) is 28.1 Å². The molecule has 2 aromatic carbocycles. The first-order valence-electron chi connectivity index (χ1n) is 10.3. The lowest BCUT2D eigenvalue weighted by atomic mass is 9.97. The van der Waals surface area contributed by atoms with E-state index in [2.05, 4.69) is 26.6 Å². The molecule has 0 spiro atoms. The number of nitrogens with zero attached hydrogens (tertiary/aromatic N) is 4. The highest BCUT2D eigenvalue weighted by atomic mass is 32.1. The molecule has 0 bridgehead atoms. The van der Waals surface area contributed by atoms with Gasteiger partial charge in [0.25, 0.3) is 11.1 Å². The summed E-state index contributed by atoms with van der Waals surface area (Å²) in [4.78, 5) is 17.4. The van der Waals surface area contributed by atoms with E-state index >= 15 is 0 Å². The number of hydrogen-bond acceptors (Lipinski definition) is 8. The van der Waals surface area contributed by atoms with Crippen molar-refractivity contribution in [2.75, 3.05) is 12.4 Å². The van der Waals surface area contributed by atoms with Gasteiger partial charge in [-0.1, -0.05) is 34.9 Å². The molecule has 1 amide bonds. The van der Waals surface area contributed by atoms with Crippen LogP contribution in [0, 0.1) is 25.2 Å². The van der Waals surface area contributed by atoms with E-state index in [9.17, 15) is 10.1 Å². The summed E-state index contributed by atoms with van der Waals surface area (Å²) < 4.78 is 11.2. The third-order valence-corrected chi connectivity index (χ3v) is 5.77. The molecule has 4 aromatic rings. The number of carbonyl (C=O) groups is 1. The maximum absolute atomic E-state index is 13.1. The number of hydrogen-bond donors (Lipinski definition) is 1. The first-order chi connectivity index (χ1) is 16.5. The van der Waals surface area contributed by atoms with Crippen molar-refractivity contribution in [3.63, 3.8) is 0 Å². The lowest BCUT2D eigenvalue weighted by Crippen LogP contribution is -2.14. The van der Waals surface area contributed by atoms with Gasteiger partial charge < -0.3 is 9.47 Å². The van der Waals surface area contributed by atoms with Gasteiger partial charge in [0.05, 0.1) is 24.3 Å². The van der Waals surface area contributed by atoms with Crippen LogP contribution in [0.1, 0.15) is 32.7 Å². The fourth-order valence-electron chi connectivity index (χ4n) is 3.26. The summed E-state index contributed by atoms with van der Waals surface area (Å²) >= 11 is 1.13. The Morgan fingerprint density at radius 1 is 1.09 bits per heavy atom. The molecule has 170 valence electrons. The number of carbonyl (C=O) groups excluding carboxylic acids is 1. The Kier molecular flexibility index (Phi) is 6.80. The average molecular weight is 472 g/mol. The molecule has 0 aliphatic rings. The molecule has 0 unspecified atom stereocenters. The van der Waals surface area contributed by atoms with Gasteiger partial charge in [0, 0.05) is 23.0 Å². The molecule has 0 radical (unpaired) electrons. The van der Waals surface area contributed by atoms with Gasteiger partial charge in [-0.05, 0) is 55.0 Å².